The van der Waals surface area contributed by atoms with Gasteiger partial charge in [0.05, 0.1) is 22.6 Å². The summed E-state index contributed by atoms with van der Waals surface area (Å²) in [4.78, 5) is 17.5. The van der Waals surface area contributed by atoms with Crippen LogP contribution in [0.15, 0.2) is 81.6 Å². The van der Waals surface area contributed by atoms with Crippen LogP contribution in [0.1, 0.15) is 17.3 Å². The van der Waals surface area contributed by atoms with Crippen molar-refractivity contribution in [1.82, 2.24) is 10.3 Å². The topological polar surface area (TPSA) is 106 Å². The highest BCUT2D eigenvalue weighted by atomic mass is 32.2. The minimum atomic E-state index is -3.86. The van der Waals surface area contributed by atoms with Gasteiger partial charge in [0, 0.05) is 36.7 Å². The standard InChI is InChI=1S/C32H24F3N3O5S/c1-4-44(40,41)38(3)25-16-27-21(28(31(39)36-2)30(42-27)17-9-11-19(33)12-10-17)15-20(25)18-13-22(29(35)23(34)14-18)32-37-24-7-5-6-8-26(24)43-32/h5-16H,4H2,1-3H3,(H,36,39). The number of benzene rings is 4. The SMILES string of the molecule is CCS(=O)(=O)N(C)c1cc2oc(-c3ccc(F)cc3)c(C(=O)NC)c2cc1-c1cc(F)c(F)c(-c2nc3ccccc3o2)c1. The third-order valence-electron chi connectivity index (χ3n) is 7.35. The molecule has 12 heteroatoms. The van der Waals surface area contributed by atoms with Gasteiger partial charge in [-0.2, -0.15) is 0 Å². The lowest BCUT2D eigenvalue weighted by molar-refractivity contribution is 0.0964. The van der Waals surface area contributed by atoms with Crippen molar-refractivity contribution in [1.29, 1.82) is 0 Å². The van der Waals surface area contributed by atoms with Crippen LogP contribution in [0.5, 0.6) is 0 Å². The lowest BCUT2D eigenvalue weighted by atomic mass is 9.97. The summed E-state index contributed by atoms with van der Waals surface area (Å²) >= 11 is 0. The summed E-state index contributed by atoms with van der Waals surface area (Å²) in [6.07, 6.45) is 0. The molecule has 44 heavy (non-hydrogen) atoms. The fraction of sp³-hybridized carbons (Fsp3) is 0.125. The Balaban J connectivity index is 1.66. The second-order valence-corrected chi connectivity index (χ2v) is 12.2. The molecule has 2 heterocycles. The molecule has 8 nitrogen and oxygen atoms in total. The van der Waals surface area contributed by atoms with Gasteiger partial charge in [0.15, 0.2) is 17.2 Å². The average molecular weight is 620 g/mol. The number of aromatic nitrogens is 1. The van der Waals surface area contributed by atoms with Crippen LogP contribution in [0.4, 0.5) is 18.9 Å². The second-order valence-electron chi connectivity index (χ2n) is 9.93. The number of rotatable bonds is 7. The molecule has 1 N–H and O–H groups in total. The number of hydrogen-bond acceptors (Lipinski definition) is 6. The third-order valence-corrected chi connectivity index (χ3v) is 9.11. The smallest absolute Gasteiger partial charge is 0.255 e. The molecular weight excluding hydrogens is 595 g/mol. The third kappa shape index (κ3) is 4.86. The van der Waals surface area contributed by atoms with Gasteiger partial charge in [0.2, 0.25) is 15.9 Å². The zero-order valence-electron chi connectivity index (χ0n) is 23.6. The van der Waals surface area contributed by atoms with Gasteiger partial charge >= 0.3 is 0 Å². The largest absolute Gasteiger partial charge is 0.455 e. The van der Waals surface area contributed by atoms with Crippen LogP contribution in [0, 0.1) is 17.5 Å². The molecular formula is C32H24F3N3O5S. The lowest BCUT2D eigenvalue weighted by Gasteiger charge is -2.22. The first-order valence-corrected chi connectivity index (χ1v) is 15.0. The fourth-order valence-corrected chi connectivity index (χ4v) is 5.85. The summed E-state index contributed by atoms with van der Waals surface area (Å²) in [5.41, 5.74) is 1.46. The maximum absolute atomic E-state index is 15.2. The molecule has 6 rings (SSSR count). The van der Waals surface area contributed by atoms with Gasteiger partial charge in [-0.05, 0) is 67.1 Å². The number of fused-ring (bicyclic) bond motifs is 2. The van der Waals surface area contributed by atoms with E-state index in [1.807, 2.05) is 0 Å². The number of nitrogens with one attached hydrogen (secondary N) is 1. The molecule has 0 atom stereocenters. The Morgan fingerprint density at radius 3 is 2.32 bits per heavy atom. The molecule has 0 fully saturated rings. The number of carbonyl (C=O) groups excluding carboxylic acids is 1. The van der Waals surface area contributed by atoms with Crippen molar-refractivity contribution in [3.05, 3.63) is 95.8 Å². The number of amides is 1. The lowest BCUT2D eigenvalue weighted by Crippen LogP contribution is -2.28. The summed E-state index contributed by atoms with van der Waals surface area (Å²) in [5.74, 6) is -3.77. The predicted octanol–water partition coefficient (Wildman–Crippen LogP) is 7.14. The fourth-order valence-electron chi connectivity index (χ4n) is 5.01. The molecule has 0 saturated carbocycles. The van der Waals surface area contributed by atoms with Crippen LogP contribution in [0.25, 0.3) is 56.0 Å². The number of sulfonamides is 1. The van der Waals surface area contributed by atoms with Gasteiger partial charge in [-0.15, -0.1) is 0 Å². The van der Waals surface area contributed by atoms with E-state index in [-0.39, 0.29) is 56.3 Å². The van der Waals surface area contributed by atoms with Crippen LogP contribution in [-0.2, 0) is 10.0 Å². The summed E-state index contributed by atoms with van der Waals surface area (Å²) in [6, 6.07) is 17.2. The Morgan fingerprint density at radius 2 is 1.64 bits per heavy atom. The van der Waals surface area contributed by atoms with Crippen molar-refractivity contribution in [2.45, 2.75) is 6.92 Å². The molecule has 0 aliphatic rings. The zero-order chi connectivity index (χ0) is 31.3. The zero-order valence-corrected chi connectivity index (χ0v) is 24.4. The normalized spacial score (nSPS) is 11.8. The highest BCUT2D eigenvalue weighted by Crippen LogP contribution is 2.43. The van der Waals surface area contributed by atoms with Crippen molar-refractivity contribution in [3.63, 3.8) is 0 Å². The number of anilines is 1. The Bertz CT molecular complexity index is 2160. The van der Waals surface area contributed by atoms with Crippen LogP contribution < -0.4 is 9.62 Å². The van der Waals surface area contributed by atoms with Crippen LogP contribution in [-0.4, -0.2) is 39.2 Å². The van der Waals surface area contributed by atoms with Gasteiger partial charge in [-0.1, -0.05) is 12.1 Å². The number of hydrogen-bond donors (Lipinski definition) is 1. The first-order chi connectivity index (χ1) is 21.0. The van der Waals surface area contributed by atoms with E-state index >= 15 is 8.78 Å². The van der Waals surface area contributed by atoms with E-state index in [0.717, 1.165) is 10.4 Å². The minimum Gasteiger partial charge on any atom is -0.455 e. The molecule has 0 aliphatic heterocycles. The van der Waals surface area contributed by atoms with Crippen LogP contribution in [0.2, 0.25) is 0 Å². The molecule has 224 valence electrons. The molecule has 0 bridgehead atoms. The van der Waals surface area contributed by atoms with Gasteiger partial charge < -0.3 is 14.2 Å². The van der Waals surface area contributed by atoms with Gasteiger partial charge in [0.1, 0.15) is 22.7 Å². The predicted molar refractivity (Wildman–Crippen MR) is 161 cm³/mol. The summed E-state index contributed by atoms with van der Waals surface area (Å²) < 4.78 is 83.1. The number of carbonyl (C=O) groups is 1. The van der Waals surface area contributed by atoms with Crippen molar-refractivity contribution in [2.24, 2.45) is 0 Å². The van der Waals surface area contributed by atoms with Crippen LogP contribution in [0.3, 0.4) is 0 Å². The molecule has 2 aromatic heterocycles. The Morgan fingerprint density at radius 1 is 0.909 bits per heavy atom. The number of halogens is 3. The van der Waals surface area contributed by atoms with E-state index < -0.39 is 33.4 Å². The van der Waals surface area contributed by atoms with E-state index in [4.69, 9.17) is 8.83 Å². The van der Waals surface area contributed by atoms with Gasteiger partial charge in [-0.3, -0.25) is 9.10 Å². The van der Waals surface area contributed by atoms with Gasteiger partial charge in [0.25, 0.3) is 5.91 Å². The molecule has 0 aliphatic carbocycles. The number of oxazole rings is 1. The summed E-state index contributed by atoms with van der Waals surface area (Å²) in [5, 5.41) is 2.82. The molecule has 4 aromatic carbocycles. The van der Waals surface area contributed by atoms with Crippen molar-refractivity contribution in [2.75, 3.05) is 24.2 Å². The van der Waals surface area contributed by atoms with E-state index in [0.29, 0.717) is 16.7 Å². The quantitative estimate of drug-likeness (QED) is 0.204. The monoisotopic (exact) mass is 619 g/mol. The molecule has 0 radical (unpaired) electrons. The van der Waals surface area contributed by atoms with Gasteiger partial charge in [-0.25, -0.2) is 26.6 Å². The minimum absolute atomic E-state index is 0.0803. The number of nitrogens with zero attached hydrogens (tertiary/aromatic N) is 2. The first-order valence-electron chi connectivity index (χ1n) is 13.4. The van der Waals surface area contributed by atoms with E-state index in [1.54, 1.807) is 24.3 Å². The Hall–Kier alpha value is -5.10. The van der Waals surface area contributed by atoms with Crippen molar-refractivity contribution in [3.8, 4) is 33.9 Å². The summed E-state index contributed by atoms with van der Waals surface area (Å²) in [7, 11) is -1.10. The van der Waals surface area contributed by atoms with E-state index in [2.05, 4.69) is 10.3 Å². The number of para-hydroxylation sites is 2. The molecule has 0 unspecified atom stereocenters. The van der Waals surface area contributed by atoms with Crippen LogP contribution >= 0.6 is 0 Å². The average Bonchev–Trinajstić information content (AvgIpc) is 3.62. The molecule has 6 aromatic rings. The van der Waals surface area contributed by atoms with E-state index in [9.17, 15) is 17.6 Å². The maximum Gasteiger partial charge on any atom is 0.255 e. The highest BCUT2D eigenvalue weighted by Gasteiger charge is 2.28. The second kappa shape index (κ2) is 10.9. The summed E-state index contributed by atoms with van der Waals surface area (Å²) in [6.45, 7) is 1.47. The molecule has 1 amide bonds. The molecule has 0 spiro atoms. The Labute approximate surface area is 249 Å². The highest BCUT2D eigenvalue weighted by molar-refractivity contribution is 7.92. The molecule has 0 saturated heterocycles. The number of furan rings is 1. The van der Waals surface area contributed by atoms with Crippen molar-refractivity contribution < 1.29 is 35.2 Å². The Kier molecular flexibility index (Phi) is 7.16. The first kappa shape index (κ1) is 29.0. The van der Waals surface area contributed by atoms with Crippen molar-refractivity contribution >= 4 is 43.7 Å². The maximum atomic E-state index is 15.2. The van der Waals surface area contributed by atoms with E-state index in [1.165, 1.54) is 63.5 Å².